The van der Waals surface area contributed by atoms with Crippen LogP contribution in [0.5, 0.6) is 5.75 Å². The van der Waals surface area contributed by atoms with E-state index in [2.05, 4.69) is 15.6 Å². The number of hydrogen-bond acceptors (Lipinski definition) is 4. The van der Waals surface area contributed by atoms with Gasteiger partial charge in [-0.25, -0.2) is 4.98 Å². The minimum absolute atomic E-state index is 0.375. The van der Waals surface area contributed by atoms with Crippen molar-refractivity contribution in [2.75, 3.05) is 7.11 Å². The van der Waals surface area contributed by atoms with Gasteiger partial charge in [0.15, 0.2) is 0 Å². The summed E-state index contributed by atoms with van der Waals surface area (Å²) in [5.41, 5.74) is 2.11. The molecule has 0 spiro atoms. The molecular formula is C16H23BN2O3. The summed E-state index contributed by atoms with van der Waals surface area (Å²) >= 11 is 0. The van der Waals surface area contributed by atoms with Crippen LogP contribution in [0.2, 0.25) is 0 Å². The van der Waals surface area contributed by atoms with Crippen LogP contribution in [-0.2, 0) is 16.4 Å². The second kappa shape index (κ2) is 4.73. The molecule has 0 saturated carbocycles. The van der Waals surface area contributed by atoms with Crippen molar-refractivity contribution in [2.24, 2.45) is 7.05 Å². The number of aryl methyl sites for hydroxylation is 2. The van der Waals surface area contributed by atoms with Crippen molar-refractivity contribution < 1.29 is 14.0 Å². The SMILES string of the molecule is COc1cc2nc(C)n(C)c2cc1B1OC(C)(C)C(C)(C)O1. The van der Waals surface area contributed by atoms with E-state index in [1.54, 1.807) is 7.11 Å². The molecule has 0 bridgehead atoms. The van der Waals surface area contributed by atoms with E-state index in [-0.39, 0.29) is 11.2 Å². The van der Waals surface area contributed by atoms with Crippen molar-refractivity contribution in [3.8, 4) is 5.75 Å². The molecule has 1 fully saturated rings. The first-order chi connectivity index (χ1) is 10.2. The molecule has 22 heavy (non-hydrogen) atoms. The van der Waals surface area contributed by atoms with Crippen LogP contribution in [-0.4, -0.2) is 35.0 Å². The highest BCUT2D eigenvalue weighted by Crippen LogP contribution is 2.37. The Kier molecular flexibility index (Phi) is 3.31. The van der Waals surface area contributed by atoms with Crippen molar-refractivity contribution >= 4 is 23.6 Å². The van der Waals surface area contributed by atoms with Gasteiger partial charge in [-0.2, -0.15) is 0 Å². The van der Waals surface area contributed by atoms with Crippen LogP contribution in [0.15, 0.2) is 12.1 Å². The Morgan fingerprint density at radius 3 is 2.27 bits per heavy atom. The molecule has 6 heteroatoms. The Labute approximate surface area is 131 Å². The van der Waals surface area contributed by atoms with Gasteiger partial charge in [0.25, 0.3) is 0 Å². The number of imidazole rings is 1. The fourth-order valence-electron chi connectivity index (χ4n) is 2.69. The predicted molar refractivity (Wildman–Crippen MR) is 87.7 cm³/mol. The van der Waals surface area contributed by atoms with Crippen LogP contribution >= 0.6 is 0 Å². The molecule has 1 aliphatic heterocycles. The lowest BCUT2D eigenvalue weighted by molar-refractivity contribution is 0.00578. The van der Waals surface area contributed by atoms with Gasteiger partial charge in [-0.1, -0.05) is 0 Å². The molecule has 0 atom stereocenters. The minimum atomic E-state index is -0.445. The standard InChI is InChI=1S/C16H23BN2O3/c1-10-18-12-9-14(20-7)11(8-13(12)19(10)6)17-21-15(2,3)16(4,5)22-17/h8-9H,1-7H3. The number of nitrogens with zero attached hydrogens (tertiary/aromatic N) is 2. The average Bonchev–Trinajstić information content (AvgIpc) is 2.82. The van der Waals surface area contributed by atoms with E-state index >= 15 is 0 Å². The summed E-state index contributed by atoms with van der Waals surface area (Å²) in [6.45, 7) is 10.2. The Morgan fingerprint density at radius 1 is 1.14 bits per heavy atom. The van der Waals surface area contributed by atoms with Crippen LogP contribution in [0.1, 0.15) is 33.5 Å². The maximum Gasteiger partial charge on any atom is 0.498 e. The highest BCUT2D eigenvalue weighted by atomic mass is 16.7. The highest BCUT2D eigenvalue weighted by molar-refractivity contribution is 6.63. The van der Waals surface area contributed by atoms with Crippen LogP contribution in [0.25, 0.3) is 11.0 Å². The third-order valence-electron chi connectivity index (χ3n) is 4.96. The molecule has 2 aromatic rings. The molecular weight excluding hydrogens is 279 g/mol. The summed E-state index contributed by atoms with van der Waals surface area (Å²) in [5.74, 6) is 1.70. The van der Waals surface area contributed by atoms with E-state index in [9.17, 15) is 0 Å². The summed E-state index contributed by atoms with van der Waals surface area (Å²) in [7, 11) is 3.22. The molecule has 3 rings (SSSR count). The minimum Gasteiger partial charge on any atom is -0.497 e. The number of ether oxygens (including phenoxy) is 1. The summed E-state index contributed by atoms with van der Waals surface area (Å²) in [5, 5.41) is 0. The lowest BCUT2D eigenvalue weighted by atomic mass is 9.78. The molecule has 0 radical (unpaired) electrons. The van der Waals surface area contributed by atoms with Crippen LogP contribution < -0.4 is 10.2 Å². The largest absolute Gasteiger partial charge is 0.498 e. The van der Waals surface area contributed by atoms with E-state index in [4.69, 9.17) is 14.0 Å². The van der Waals surface area contributed by atoms with Gasteiger partial charge in [0.1, 0.15) is 11.6 Å². The van der Waals surface area contributed by atoms with Crippen molar-refractivity contribution in [1.29, 1.82) is 0 Å². The highest BCUT2D eigenvalue weighted by Gasteiger charge is 2.52. The van der Waals surface area contributed by atoms with Gasteiger partial charge in [-0.05, 0) is 40.7 Å². The lowest BCUT2D eigenvalue weighted by Gasteiger charge is -2.32. The van der Waals surface area contributed by atoms with E-state index < -0.39 is 7.12 Å². The summed E-state index contributed by atoms with van der Waals surface area (Å²) in [4.78, 5) is 4.55. The Morgan fingerprint density at radius 2 is 1.73 bits per heavy atom. The lowest BCUT2D eigenvalue weighted by Crippen LogP contribution is -2.41. The van der Waals surface area contributed by atoms with Gasteiger partial charge in [0, 0.05) is 18.6 Å². The molecule has 1 aromatic heterocycles. The number of benzene rings is 1. The molecule has 0 aliphatic carbocycles. The predicted octanol–water partition coefficient (Wildman–Crippen LogP) is 2.19. The number of methoxy groups -OCH3 is 1. The number of fused-ring (bicyclic) bond motifs is 1. The second-order valence-electron chi connectivity index (χ2n) is 6.89. The van der Waals surface area contributed by atoms with Crippen molar-refractivity contribution in [3.63, 3.8) is 0 Å². The zero-order chi connectivity index (χ0) is 16.3. The van der Waals surface area contributed by atoms with E-state index in [1.807, 2.05) is 47.7 Å². The molecule has 118 valence electrons. The number of hydrogen-bond donors (Lipinski definition) is 0. The quantitative estimate of drug-likeness (QED) is 0.798. The number of rotatable bonds is 2. The number of aromatic nitrogens is 2. The van der Waals surface area contributed by atoms with Crippen LogP contribution in [0.3, 0.4) is 0 Å². The third kappa shape index (κ3) is 2.13. The average molecular weight is 302 g/mol. The molecule has 1 aromatic carbocycles. The first-order valence-electron chi connectivity index (χ1n) is 7.53. The smallest absolute Gasteiger partial charge is 0.497 e. The van der Waals surface area contributed by atoms with Crippen molar-refractivity contribution in [1.82, 2.24) is 9.55 Å². The van der Waals surface area contributed by atoms with Gasteiger partial charge in [-0.15, -0.1) is 0 Å². The fourth-order valence-corrected chi connectivity index (χ4v) is 2.69. The zero-order valence-corrected chi connectivity index (χ0v) is 14.4. The summed E-state index contributed by atoms with van der Waals surface area (Å²) in [6, 6.07) is 4.00. The summed E-state index contributed by atoms with van der Waals surface area (Å²) < 4.78 is 19.9. The normalized spacial score (nSPS) is 19.9. The van der Waals surface area contributed by atoms with Gasteiger partial charge >= 0.3 is 7.12 Å². The molecule has 0 N–H and O–H groups in total. The van der Waals surface area contributed by atoms with Gasteiger partial charge < -0.3 is 18.6 Å². The molecule has 5 nitrogen and oxygen atoms in total. The monoisotopic (exact) mass is 302 g/mol. The zero-order valence-electron chi connectivity index (χ0n) is 14.4. The molecule has 2 heterocycles. The molecule has 0 amide bonds. The molecule has 0 unspecified atom stereocenters. The fraction of sp³-hybridized carbons (Fsp3) is 0.562. The topological polar surface area (TPSA) is 45.5 Å². The first kappa shape index (κ1) is 15.4. The second-order valence-corrected chi connectivity index (χ2v) is 6.89. The van der Waals surface area contributed by atoms with Crippen molar-refractivity contribution in [2.45, 2.75) is 45.8 Å². The van der Waals surface area contributed by atoms with Gasteiger partial charge in [0.05, 0.1) is 29.3 Å². The van der Waals surface area contributed by atoms with E-state index in [0.29, 0.717) is 0 Å². The maximum absolute atomic E-state index is 6.16. The van der Waals surface area contributed by atoms with E-state index in [0.717, 1.165) is 28.1 Å². The summed E-state index contributed by atoms with van der Waals surface area (Å²) in [6.07, 6.45) is 0. The van der Waals surface area contributed by atoms with Gasteiger partial charge in [0.2, 0.25) is 0 Å². The van der Waals surface area contributed by atoms with E-state index in [1.165, 1.54) is 0 Å². The van der Waals surface area contributed by atoms with Crippen LogP contribution in [0, 0.1) is 6.92 Å². The van der Waals surface area contributed by atoms with Gasteiger partial charge in [-0.3, -0.25) is 0 Å². The Balaban J connectivity index is 2.12. The first-order valence-corrected chi connectivity index (χ1v) is 7.53. The molecule has 1 saturated heterocycles. The Bertz CT molecular complexity index is 721. The van der Waals surface area contributed by atoms with Crippen molar-refractivity contribution in [3.05, 3.63) is 18.0 Å². The third-order valence-corrected chi connectivity index (χ3v) is 4.96. The molecule has 1 aliphatic rings. The Hall–Kier alpha value is -1.53. The maximum atomic E-state index is 6.16. The van der Waals surface area contributed by atoms with Crippen LogP contribution in [0.4, 0.5) is 0 Å².